The van der Waals surface area contributed by atoms with Crippen molar-refractivity contribution in [3.63, 3.8) is 0 Å². The van der Waals surface area contributed by atoms with Gasteiger partial charge in [-0.25, -0.2) is 4.39 Å². The SMILES string of the molecule is CC(=O)OC[C@H]1O[C@@H](c2cccc(Cc3ccc(-c4ccc(F)cc4)s3)c2C)[C@H](OC(C)=O)[C@@H](OC(C)=O)[C@@H]1OC(C)=O. The van der Waals surface area contributed by atoms with Crippen molar-refractivity contribution < 1.29 is 47.3 Å². The summed E-state index contributed by atoms with van der Waals surface area (Å²) >= 11 is 1.59. The largest absolute Gasteiger partial charge is 0.463 e. The average Bonchev–Trinajstić information content (AvgIpc) is 3.39. The molecule has 1 saturated heterocycles. The average molecular weight is 613 g/mol. The first-order valence-electron chi connectivity index (χ1n) is 13.7. The van der Waals surface area contributed by atoms with Crippen molar-refractivity contribution >= 4 is 35.2 Å². The molecule has 4 rings (SSSR count). The molecule has 0 bridgehead atoms. The standard InChI is InChI=1S/C32H33FO9S/c1-17-23(15-25-13-14-28(43-25)22-9-11-24(33)12-10-22)7-6-8-26(17)29-31(40-20(4)36)32(41-21(5)37)30(39-19(3)35)27(42-29)16-38-18(2)34/h6-14,27,29-32H,15-16H2,1-5H3/t27-,29+,30-,31+,32+/m1/s1. The molecule has 1 aliphatic heterocycles. The maximum Gasteiger partial charge on any atom is 0.303 e. The molecule has 43 heavy (non-hydrogen) atoms. The van der Waals surface area contributed by atoms with Gasteiger partial charge in [0, 0.05) is 43.9 Å². The van der Waals surface area contributed by atoms with Gasteiger partial charge in [-0.2, -0.15) is 0 Å². The maximum atomic E-state index is 13.4. The Morgan fingerprint density at radius 2 is 1.42 bits per heavy atom. The highest BCUT2D eigenvalue weighted by molar-refractivity contribution is 7.15. The Bertz CT molecular complexity index is 1480. The van der Waals surface area contributed by atoms with Gasteiger partial charge in [0.2, 0.25) is 0 Å². The fourth-order valence-corrected chi connectivity index (χ4v) is 6.15. The maximum absolute atomic E-state index is 13.4. The molecule has 1 fully saturated rings. The van der Waals surface area contributed by atoms with E-state index in [9.17, 15) is 23.6 Å². The van der Waals surface area contributed by atoms with E-state index in [1.54, 1.807) is 23.5 Å². The number of thiophene rings is 1. The summed E-state index contributed by atoms with van der Waals surface area (Å²) in [7, 11) is 0. The van der Waals surface area contributed by atoms with Crippen molar-refractivity contribution in [1.82, 2.24) is 0 Å². The number of carbonyl (C=O) groups is 4. The van der Waals surface area contributed by atoms with Gasteiger partial charge in [0.25, 0.3) is 0 Å². The van der Waals surface area contributed by atoms with Crippen LogP contribution in [0.2, 0.25) is 0 Å². The second-order valence-electron chi connectivity index (χ2n) is 10.2. The van der Waals surface area contributed by atoms with E-state index < -0.39 is 54.4 Å². The van der Waals surface area contributed by atoms with Crippen LogP contribution in [0.25, 0.3) is 10.4 Å². The van der Waals surface area contributed by atoms with Crippen molar-refractivity contribution in [2.45, 2.75) is 71.6 Å². The predicted molar refractivity (Wildman–Crippen MR) is 155 cm³/mol. The van der Waals surface area contributed by atoms with Crippen LogP contribution in [-0.4, -0.2) is 54.9 Å². The normalized spacial score (nSPS) is 21.5. The van der Waals surface area contributed by atoms with Gasteiger partial charge in [0.15, 0.2) is 18.3 Å². The number of benzene rings is 2. The van der Waals surface area contributed by atoms with Gasteiger partial charge in [0.1, 0.15) is 24.6 Å². The van der Waals surface area contributed by atoms with Crippen molar-refractivity contribution in [3.05, 3.63) is 82.0 Å². The van der Waals surface area contributed by atoms with E-state index in [0.717, 1.165) is 26.4 Å². The Morgan fingerprint density at radius 3 is 2.05 bits per heavy atom. The zero-order chi connectivity index (χ0) is 31.3. The van der Waals surface area contributed by atoms with Crippen LogP contribution >= 0.6 is 11.3 Å². The van der Waals surface area contributed by atoms with Gasteiger partial charge in [-0.1, -0.05) is 30.3 Å². The van der Waals surface area contributed by atoms with Crippen LogP contribution < -0.4 is 0 Å². The Morgan fingerprint density at radius 1 is 0.791 bits per heavy atom. The summed E-state index contributed by atoms with van der Waals surface area (Å²) in [6.07, 6.45) is -5.06. The monoisotopic (exact) mass is 612 g/mol. The molecular formula is C32H33FO9S. The first kappa shape index (κ1) is 31.8. The molecule has 2 heterocycles. The Labute approximate surface area is 252 Å². The lowest BCUT2D eigenvalue weighted by Gasteiger charge is -2.45. The zero-order valence-electron chi connectivity index (χ0n) is 24.5. The molecule has 0 saturated carbocycles. The highest BCUT2D eigenvalue weighted by Crippen LogP contribution is 2.40. The predicted octanol–water partition coefficient (Wildman–Crippen LogP) is 5.25. The number of halogens is 1. The van der Waals surface area contributed by atoms with Crippen molar-refractivity contribution in [3.8, 4) is 10.4 Å². The summed E-state index contributed by atoms with van der Waals surface area (Å²) in [5.41, 5.74) is 3.39. The van der Waals surface area contributed by atoms with Crippen LogP contribution in [0.15, 0.2) is 54.6 Å². The number of rotatable bonds is 9. The summed E-state index contributed by atoms with van der Waals surface area (Å²) in [6.45, 7) is 6.43. The smallest absolute Gasteiger partial charge is 0.303 e. The van der Waals surface area contributed by atoms with Crippen LogP contribution in [0.4, 0.5) is 4.39 Å². The molecule has 1 aromatic heterocycles. The number of hydrogen-bond acceptors (Lipinski definition) is 10. The highest BCUT2D eigenvalue weighted by atomic mass is 32.1. The number of ether oxygens (including phenoxy) is 5. The molecule has 9 nitrogen and oxygen atoms in total. The van der Waals surface area contributed by atoms with Crippen molar-refractivity contribution in [1.29, 1.82) is 0 Å². The molecule has 228 valence electrons. The van der Waals surface area contributed by atoms with E-state index in [4.69, 9.17) is 23.7 Å². The van der Waals surface area contributed by atoms with Crippen molar-refractivity contribution in [2.75, 3.05) is 6.61 Å². The molecule has 3 aromatic rings. The van der Waals surface area contributed by atoms with E-state index in [-0.39, 0.29) is 12.4 Å². The van der Waals surface area contributed by atoms with E-state index >= 15 is 0 Å². The summed E-state index contributed by atoms with van der Waals surface area (Å²) in [4.78, 5) is 50.2. The molecule has 11 heteroatoms. The fourth-order valence-electron chi connectivity index (χ4n) is 5.11. The molecule has 0 spiro atoms. The van der Waals surface area contributed by atoms with Gasteiger partial charge in [-0.15, -0.1) is 11.3 Å². The minimum Gasteiger partial charge on any atom is -0.463 e. The Balaban J connectivity index is 1.71. The molecular weight excluding hydrogens is 579 g/mol. The lowest BCUT2D eigenvalue weighted by molar-refractivity contribution is -0.254. The molecule has 0 aliphatic carbocycles. The van der Waals surface area contributed by atoms with Crippen molar-refractivity contribution in [2.24, 2.45) is 0 Å². The zero-order valence-corrected chi connectivity index (χ0v) is 25.3. The lowest BCUT2D eigenvalue weighted by Crippen LogP contribution is -2.59. The van der Waals surface area contributed by atoms with E-state index in [0.29, 0.717) is 12.0 Å². The van der Waals surface area contributed by atoms with Crippen LogP contribution in [-0.2, 0) is 49.3 Å². The number of hydrogen-bond donors (Lipinski definition) is 0. The van der Waals surface area contributed by atoms with Gasteiger partial charge >= 0.3 is 23.9 Å². The first-order chi connectivity index (χ1) is 20.4. The molecule has 0 amide bonds. The summed E-state index contributed by atoms with van der Waals surface area (Å²) in [6, 6.07) is 16.0. The van der Waals surface area contributed by atoms with E-state index in [1.807, 2.05) is 37.3 Å². The van der Waals surface area contributed by atoms with E-state index in [2.05, 4.69) is 0 Å². The topological polar surface area (TPSA) is 114 Å². The first-order valence-corrected chi connectivity index (χ1v) is 14.5. The van der Waals surface area contributed by atoms with E-state index in [1.165, 1.54) is 39.8 Å². The molecule has 5 atom stereocenters. The molecule has 0 unspecified atom stereocenters. The third-order valence-electron chi connectivity index (χ3n) is 6.94. The Hall–Kier alpha value is -4.09. The summed E-state index contributed by atoms with van der Waals surface area (Å²) < 4.78 is 41.7. The summed E-state index contributed by atoms with van der Waals surface area (Å²) in [5, 5.41) is 0. The third-order valence-corrected chi connectivity index (χ3v) is 8.07. The minimum atomic E-state index is -1.25. The number of carbonyl (C=O) groups excluding carboxylic acids is 4. The van der Waals surface area contributed by atoms with Crippen LogP contribution in [0, 0.1) is 12.7 Å². The Kier molecular flexibility index (Phi) is 10.3. The quantitative estimate of drug-likeness (QED) is 0.236. The van der Waals surface area contributed by atoms with Gasteiger partial charge in [-0.05, 0) is 53.4 Å². The second-order valence-corrected chi connectivity index (χ2v) is 11.4. The second kappa shape index (κ2) is 13.9. The van der Waals surface area contributed by atoms with Gasteiger partial charge in [0.05, 0.1) is 0 Å². The third kappa shape index (κ3) is 8.05. The fraction of sp³-hybridized carbons (Fsp3) is 0.375. The highest BCUT2D eigenvalue weighted by Gasteiger charge is 2.52. The molecule has 0 N–H and O–H groups in total. The van der Waals surface area contributed by atoms with Crippen LogP contribution in [0.1, 0.15) is 55.4 Å². The van der Waals surface area contributed by atoms with Gasteiger partial charge in [-0.3, -0.25) is 19.2 Å². The summed E-state index contributed by atoms with van der Waals surface area (Å²) in [5.74, 6) is -2.91. The van der Waals surface area contributed by atoms with Crippen LogP contribution in [0.5, 0.6) is 0 Å². The minimum absolute atomic E-state index is 0.296. The molecule has 2 aromatic carbocycles. The number of esters is 4. The van der Waals surface area contributed by atoms with Gasteiger partial charge < -0.3 is 23.7 Å². The van der Waals surface area contributed by atoms with Crippen LogP contribution in [0.3, 0.4) is 0 Å². The molecule has 1 aliphatic rings. The lowest BCUT2D eigenvalue weighted by atomic mass is 9.87. The molecule has 0 radical (unpaired) electrons.